The molecule has 1 heterocycles. The van der Waals surface area contributed by atoms with E-state index in [9.17, 15) is 14.4 Å². The average molecular weight is 648 g/mol. The lowest BCUT2D eigenvalue weighted by atomic mass is 10.0. The van der Waals surface area contributed by atoms with Crippen molar-refractivity contribution in [2.75, 3.05) is 38.1 Å². The number of fused-ring (bicyclic) bond motifs is 1. The molecule has 3 aromatic rings. The smallest absolute Gasteiger partial charge is 0.410 e. The maximum Gasteiger partial charge on any atom is 0.410 e. The fourth-order valence-electron chi connectivity index (χ4n) is 5.37. The Morgan fingerprint density at radius 1 is 0.935 bits per heavy atom. The summed E-state index contributed by atoms with van der Waals surface area (Å²) in [7, 11) is 1.78. The van der Waals surface area contributed by atoms with E-state index in [1.165, 1.54) is 11.1 Å². The van der Waals surface area contributed by atoms with Crippen molar-refractivity contribution in [1.29, 1.82) is 0 Å². The highest BCUT2D eigenvalue weighted by atomic mass is 35.5. The van der Waals surface area contributed by atoms with Crippen LogP contribution in [0.25, 0.3) is 11.1 Å². The van der Waals surface area contributed by atoms with Gasteiger partial charge in [-0.05, 0) is 87.6 Å². The van der Waals surface area contributed by atoms with Gasteiger partial charge in [-0.15, -0.1) is 0 Å². The van der Waals surface area contributed by atoms with E-state index in [-0.39, 0.29) is 37.5 Å². The zero-order valence-corrected chi connectivity index (χ0v) is 28.7. The highest BCUT2D eigenvalue weighted by Gasteiger charge is 2.28. The summed E-state index contributed by atoms with van der Waals surface area (Å²) >= 11 is 6.13. The Kier molecular flexibility index (Phi) is 11.3. The van der Waals surface area contributed by atoms with Crippen molar-refractivity contribution in [2.45, 2.75) is 66.3 Å². The lowest BCUT2D eigenvalue weighted by molar-refractivity contribution is -0.145. The number of likely N-dealkylation sites (N-methyl/N-ethyl adjacent to an activating group) is 1. The van der Waals surface area contributed by atoms with E-state index in [1.807, 2.05) is 106 Å². The number of carbonyl (C=O) groups excluding carboxylic acids is 3. The third kappa shape index (κ3) is 9.23. The van der Waals surface area contributed by atoms with Crippen LogP contribution in [0.1, 0.15) is 51.3 Å². The van der Waals surface area contributed by atoms with Gasteiger partial charge in [0.25, 0.3) is 5.91 Å². The van der Waals surface area contributed by atoms with E-state index >= 15 is 0 Å². The van der Waals surface area contributed by atoms with Crippen molar-refractivity contribution in [3.63, 3.8) is 0 Å². The van der Waals surface area contributed by atoms with Crippen LogP contribution < -0.4 is 10.2 Å². The lowest BCUT2D eigenvalue weighted by Gasteiger charge is -2.32. The number of benzene rings is 3. The molecule has 0 atom stereocenters. The number of nitrogens with one attached hydrogen (secondary N) is 1. The second kappa shape index (κ2) is 15.0. The molecule has 1 aliphatic heterocycles. The number of ether oxygens (including phenoxy) is 1. The predicted octanol–water partition coefficient (Wildman–Crippen LogP) is 6.27. The minimum absolute atomic E-state index is 0.00228. The summed E-state index contributed by atoms with van der Waals surface area (Å²) < 4.78 is 5.55. The number of aryl methyl sites for hydroxylation is 1. The summed E-state index contributed by atoms with van der Waals surface area (Å²) in [6.45, 7) is 13.0. The van der Waals surface area contributed by atoms with E-state index in [2.05, 4.69) is 17.4 Å². The van der Waals surface area contributed by atoms with Gasteiger partial charge in [0.1, 0.15) is 5.60 Å². The van der Waals surface area contributed by atoms with Gasteiger partial charge in [-0.2, -0.15) is 0 Å². The lowest BCUT2D eigenvalue weighted by Crippen LogP contribution is -2.49. The topological polar surface area (TPSA) is 85.4 Å². The van der Waals surface area contributed by atoms with Gasteiger partial charge in [0.05, 0.1) is 13.1 Å². The molecule has 4 rings (SSSR count). The molecular weight excluding hydrogens is 602 g/mol. The molecule has 10 heteroatoms. The number of rotatable bonds is 11. The number of amides is 3. The maximum atomic E-state index is 13.8. The Hall–Kier alpha value is -4.08. The van der Waals surface area contributed by atoms with Gasteiger partial charge >= 0.3 is 6.09 Å². The molecule has 1 aliphatic rings. The molecule has 3 amide bonds. The largest absolute Gasteiger partial charge is 0.444 e. The van der Waals surface area contributed by atoms with Crippen LogP contribution in [0.5, 0.6) is 0 Å². The van der Waals surface area contributed by atoms with Crippen molar-refractivity contribution in [3.8, 4) is 11.1 Å². The molecule has 3 aromatic carbocycles. The zero-order valence-electron chi connectivity index (χ0n) is 28.0. The highest BCUT2D eigenvalue weighted by Crippen LogP contribution is 2.29. The summed E-state index contributed by atoms with van der Waals surface area (Å²) in [5, 5.41) is 7.27. The van der Waals surface area contributed by atoms with Crippen LogP contribution >= 0.6 is 11.6 Å². The first-order chi connectivity index (χ1) is 21.7. The molecule has 0 aliphatic carbocycles. The summed E-state index contributed by atoms with van der Waals surface area (Å²) in [5.74, 6) is -0.388. The number of hydrazine groups is 1. The normalized spacial score (nSPS) is 12.9. The Labute approximate surface area is 278 Å². The van der Waals surface area contributed by atoms with E-state index < -0.39 is 11.7 Å². The second-order valence-corrected chi connectivity index (χ2v) is 13.4. The summed E-state index contributed by atoms with van der Waals surface area (Å²) in [5.41, 5.74) is 5.42. The van der Waals surface area contributed by atoms with Crippen molar-refractivity contribution >= 4 is 35.2 Å². The number of hydrogen-bond donors (Lipinski definition) is 1. The predicted molar refractivity (Wildman–Crippen MR) is 183 cm³/mol. The van der Waals surface area contributed by atoms with Gasteiger partial charge in [-0.3, -0.25) is 14.6 Å². The van der Waals surface area contributed by atoms with Gasteiger partial charge in [0.2, 0.25) is 5.91 Å². The molecular formula is C36H46ClN5O4. The molecule has 0 radical (unpaired) electrons. The molecule has 46 heavy (non-hydrogen) atoms. The Balaban J connectivity index is 1.51. The third-order valence-electron chi connectivity index (χ3n) is 7.92. The van der Waals surface area contributed by atoms with E-state index in [1.54, 1.807) is 17.0 Å². The maximum absolute atomic E-state index is 13.8. The number of anilines is 1. The fraction of sp³-hybridized carbons (Fsp3) is 0.417. The minimum atomic E-state index is -0.621. The van der Waals surface area contributed by atoms with Crippen LogP contribution in [0.15, 0.2) is 66.7 Å². The SMILES string of the molecule is Cc1ccc(-c2ccc(Cl)cc2)cc1N(CC(=O)NCCN(C(=O)OC(C)(C)C)C(C)C)CC(=O)N(C)N1Cc2ccccc2C1. The van der Waals surface area contributed by atoms with E-state index in [0.29, 0.717) is 24.7 Å². The Morgan fingerprint density at radius 2 is 1.54 bits per heavy atom. The first kappa shape index (κ1) is 34.8. The zero-order chi connectivity index (χ0) is 33.6. The van der Waals surface area contributed by atoms with Crippen molar-refractivity contribution in [2.24, 2.45) is 0 Å². The minimum Gasteiger partial charge on any atom is -0.444 e. The molecule has 0 saturated carbocycles. The molecule has 246 valence electrons. The molecule has 0 bridgehead atoms. The molecule has 0 aromatic heterocycles. The van der Waals surface area contributed by atoms with Crippen molar-refractivity contribution in [3.05, 3.63) is 88.4 Å². The van der Waals surface area contributed by atoms with E-state index in [0.717, 1.165) is 22.4 Å². The van der Waals surface area contributed by atoms with Crippen LogP contribution in [-0.2, 0) is 27.4 Å². The summed E-state index contributed by atoms with van der Waals surface area (Å²) in [6.07, 6.45) is -0.425. The average Bonchev–Trinajstić information content (AvgIpc) is 3.42. The van der Waals surface area contributed by atoms with Gasteiger partial charge in [0, 0.05) is 50.0 Å². The Morgan fingerprint density at radius 3 is 2.13 bits per heavy atom. The van der Waals surface area contributed by atoms with Crippen LogP contribution in [0.4, 0.5) is 10.5 Å². The molecule has 0 fully saturated rings. The van der Waals surface area contributed by atoms with Crippen molar-refractivity contribution < 1.29 is 19.1 Å². The molecule has 0 unspecified atom stereocenters. The highest BCUT2D eigenvalue weighted by molar-refractivity contribution is 6.30. The molecule has 9 nitrogen and oxygen atoms in total. The van der Waals surface area contributed by atoms with Gasteiger partial charge in [0.15, 0.2) is 0 Å². The first-order valence-corrected chi connectivity index (χ1v) is 16.1. The first-order valence-electron chi connectivity index (χ1n) is 15.7. The quantitative estimate of drug-likeness (QED) is 0.264. The van der Waals surface area contributed by atoms with Gasteiger partial charge in [-0.25, -0.2) is 9.80 Å². The van der Waals surface area contributed by atoms with Gasteiger partial charge in [-0.1, -0.05) is 60.1 Å². The standard InChI is InChI=1S/C36H46ClN5O4/c1-25(2)42(35(45)46-36(4,5)6)19-18-38-33(43)23-40(24-34(44)39(7)41-21-29-10-8-9-11-30(29)22-41)32-20-28(13-12-26(32)3)27-14-16-31(37)17-15-27/h8-17,20,25H,18-19,21-24H2,1-7H3,(H,38,43). The number of nitrogens with zero attached hydrogens (tertiary/aromatic N) is 4. The van der Waals surface area contributed by atoms with Crippen LogP contribution in [0, 0.1) is 6.92 Å². The monoisotopic (exact) mass is 647 g/mol. The second-order valence-electron chi connectivity index (χ2n) is 13.0. The molecule has 1 N–H and O–H groups in total. The van der Waals surface area contributed by atoms with Crippen LogP contribution in [0.3, 0.4) is 0 Å². The Bertz CT molecular complexity index is 1510. The molecule has 0 saturated heterocycles. The number of hydrogen-bond acceptors (Lipinski definition) is 6. The van der Waals surface area contributed by atoms with Gasteiger partial charge < -0.3 is 19.9 Å². The fourth-order valence-corrected chi connectivity index (χ4v) is 5.50. The van der Waals surface area contributed by atoms with Crippen LogP contribution in [-0.4, -0.2) is 77.7 Å². The number of carbonyl (C=O) groups is 3. The molecule has 0 spiro atoms. The van der Waals surface area contributed by atoms with Crippen molar-refractivity contribution in [1.82, 2.24) is 20.2 Å². The summed E-state index contributed by atoms with van der Waals surface area (Å²) in [6, 6.07) is 21.7. The number of halogens is 1. The van der Waals surface area contributed by atoms with E-state index in [4.69, 9.17) is 16.3 Å². The third-order valence-corrected chi connectivity index (χ3v) is 8.18. The summed E-state index contributed by atoms with van der Waals surface area (Å²) in [4.78, 5) is 43.3. The van der Waals surface area contributed by atoms with Crippen LogP contribution in [0.2, 0.25) is 5.02 Å².